The molecule has 6 heteroatoms. The first-order valence-electron chi connectivity index (χ1n) is 6.08. The van der Waals surface area contributed by atoms with Crippen LogP contribution in [-0.4, -0.2) is 47.0 Å². The Hall–Kier alpha value is -0.170. The maximum Gasteiger partial charge on any atom is 0.216 e. The van der Waals surface area contributed by atoms with E-state index >= 15 is 0 Å². The lowest BCUT2D eigenvalue weighted by molar-refractivity contribution is 0.199. The van der Waals surface area contributed by atoms with Gasteiger partial charge in [-0.25, -0.2) is 13.1 Å². The van der Waals surface area contributed by atoms with Gasteiger partial charge in [0.05, 0.1) is 11.9 Å². The average molecular weight is 264 g/mol. The predicted molar refractivity (Wildman–Crippen MR) is 68.5 cm³/mol. The van der Waals surface area contributed by atoms with Crippen LogP contribution in [0.4, 0.5) is 0 Å². The van der Waals surface area contributed by atoms with Crippen LogP contribution in [0, 0.1) is 5.41 Å². The van der Waals surface area contributed by atoms with E-state index in [1.54, 1.807) is 6.92 Å². The fourth-order valence-corrected chi connectivity index (χ4v) is 3.10. The smallest absolute Gasteiger partial charge is 0.216 e. The Labute approximate surface area is 104 Å². The lowest BCUT2D eigenvalue weighted by Crippen LogP contribution is -2.45. The summed E-state index contributed by atoms with van der Waals surface area (Å²) >= 11 is 0. The zero-order valence-electron chi connectivity index (χ0n) is 11.0. The Kier molecular flexibility index (Phi) is 5.37. The minimum absolute atomic E-state index is 0.0745. The molecule has 0 spiro atoms. The van der Waals surface area contributed by atoms with Crippen molar-refractivity contribution in [3.8, 4) is 0 Å². The van der Waals surface area contributed by atoms with Crippen LogP contribution >= 0.6 is 0 Å². The summed E-state index contributed by atoms with van der Waals surface area (Å²) in [6.07, 6.45) is 2.02. The summed E-state index contributed by atoms with van der Waals surface area (Å²) < 4.78 is 31.4. The van der Waals surface area contributed by atoms with Gasteiger partial charge in [-0.05, 0) is 38.3 Å². The number of rotatable bonds is 6. The van der Waals surface area contributed by atoms with Gasteiger partial charge in [-0.1, -0.05) is 6.92 Å². The normalized spacial score (nSPS) is 22.3. The molecule has 0 aliphatic carbocycles. The van der Waals surface area contributed by atoms with Crippen molar-refractivity contribution in [2.24, 2.45) is 5.41 Å². The number of piperidine rings is 1. The Bertz CT molecular complexity index is 324. The molecule has 1 aliphatic heterocycles. The van der Waals surface area contributed by atoms with E-state index in [1.165, 1.54) is 7.11 Å². The first kappa shape index (κ1) is 14.9. The van der Waals surface area contributed by atoms with Gasteiger partial charge in [-0.15, -0.1) is 0 Å². The second-order valence-corrected chi connectivity index (χ2v) is 7.38. The van der Waals surface area contributed by atoms with Gasteiger partial charge in [0.1, 0.15) is 0 Å². The number of hydrogen-bond acceptors (Lipinski definition) is 4. The first-order chi connectivity index (χ1) is 7.90. The lowest BCUT2D eigenvalue weighted by Gasteiger charge is -2.34. The highest BCUT2D eigenvalue weighted by Crippen LogP contribution is 2.27. The van der Waals surface area contributed by atoms with Crippen LogP contribution in [0.15, 0.2) is 0 Å². The van der Waals surface area contributed by atoms with E-state index in [0.717, 1.165) is 25.9 Å². The van der Waals surface area contributed by atoms with Crippen LogP contribution in [0.5, 0.6) is 0 Å². The molecule has 1 atom stereocenters. The van der Waals surface area contributed by atoms with E-state index in [4.69, 9.17) is 4.74 Å². The van der Waals surface area contributed by atoms with Crippen molar-refractivity contribution in [1.29, 1.82) is 0 Å². The molecule has 102 valence electrons. The molecule has 1 unspecified atom stereocenters. The highest BCUT2D eigenvalue weighted by Gasteiger charge is 2.29. The highest BCUT2D eigenvalue weighted by atomic mass is 32.2. The van der Waals surface area contributed by atoms with Crippen LogP contribution in [0.2, 0.25) is 0 Å². The summed E-state index contributed by atoms with van der Waals surface area (Å²) in [5.41, 5.74) is 0.0745. The van der Waals surface area contributed by atoms with Crippen molar-refractivity contribution in [1.82, 2.24) is 10.0 Å². The molecule has 5 nitrogen and oxygen atoms in total. The molecule has 0 saturated carbocycles. The third-order valence-electron chi connectivity index (χ3n) is 3.44. The van der Waals surface area contributed by atoms with Gasteiger partial charge in [0.15, 0.2) is 0 Å². The van der Waals surface area contributed by atoms with Gasteiger partial charge in [-0.2, -0.15) is 0 Å². The number of sulfonamides is 1. The quantitative estimate of drug-likeness (QED) is 0.725. The third kappa shape index (κ3) is 4.54. The van der Waals surface area contributed by atoms with Crippen LogP contribution < -0.4 is 10.0 Å². The minimum Gasteiger partial charge on any atom is -0.383 e. The van der Waals surface area contributed by atoms with Gasteiger partial charge < -0.3 is 10.1 Å². The molecular weight excluding hydrogens is 240 g/mol. The minimum atomic E-state index is -3.26. The van der Waals surface area contributed by atoms with Gasteiger partial charge in [-0.3, -0.25) is 0 Å². The maximum absolute atomic E-state index is 11.9. The molecule has 17 heavy (non-hydrogen) atoms. The Morgan fingerprint density at radius 2 is 2.00 bits per heavy atom. The van der Waals surface area contributed by atoms with E-state index in [0.29, 0.717) is 6.54 Å². The largest absolute Gasteiger partial charge is 0.383 e. The summed E-state index contributed by atoms with van der Waals surface area (Å²) in [5.74, 6) is 0. The van der Waals surface area contributed by atoms with E-state index in [1.807, 2.05) is 0 Å². The number of methoxy groups -OCH3 is 1. The monoisotopic (exact) mass is 264 g/mol. The van der Waals surface area contributed by atoms with E-state index < -0.39 is 15.3 Å². The molecular formula is C11H24N2O3S. The average Bonchev–Trinajstić information content (AvgIpc) is 2.28. The number of ether oxygens (including phenoxy) is 1. The van der Waals surface area contributed by atoms with Crippen LogP contribution in [0.3, 0.4) is 0 Å². The number of nitrogens with one attached hydrogen (secondary N) is 2. The van der Waals surface area contributed by atoms with Crippen molar-refractivity contribution in [2.75, 3.05) is 33.4 Å². The van der Waals surface area contributed by atoms with Crippen molar-refractivity contribution in [3.63, 3.8) is 0 Å². The molecule has 1 aliphatic rings. The van der Waals surface area contributed by atoms with Crippen LogP contribution in [0.25, 0.3) is 0 Å². The van der Waals surface area contributed by atoms with Gasteiger partial charge in [0.2, 0.25) is 10.0 Å². The SMILES string of the molecule is COCC(C)S(=O)(=O)NCC1(C)CCNCC1. The van der Waals surface area contributed by atoms with Gasteiger partial charge >= 0.3 is 0 Å². The van der Waals surface area contributed by atoms with Gasteiger partial charge in [0, 0.05) is 13.7 Å². The molecule has 0 aromatic carbocycles. The topological polar surface area (TPSA) is 67.4 Å². The van der Waals surface area contributed by atoms with Crippen LogP contribution in [-0.2, 0) is 14.8 Å². The molecule has 1 saturated heterocycles. The molecule has 0 bridgehead atoms. The fraction of sp³-hybridized carbons (Fsp3) is 1.00. The molecule has 0 aromatic rings. The summed E-state index contributed by atoms with van der Waals surface area (Å²) in [4.78, 5) is 0. The number of hydrogen-bond donors (Lipinski definition) is 2. The summed E-state index contributed by atoms with van der Waals surface area (Å²) in [5, 5.41) is 2.78. The van der Waals surface area contributed by atoms with Gasteiger partial charge in [0.25, 0.3) is 0 Å². The van der Waals surface area contributed by atoms with Crippen molar-refractivity contribution in [2.45, 2.75) is 31.9 Å². The van der Waals surface area contributed by atoms with Crippen molar-refractivity contribution >= 4 is 10.0 Å². The standard InChI is InChI=1S/C11H24N2O3S/c1-10(8-16-3)17(14,15)13-9-11(2)4-6-12-7-5-11/h10,12-13H,4-9H2,1-3H3. The zero-order chi connectivity index (χ0) is 12.9. The van der Waals surface area contributed by atoms with Crippen molar-refractivity contribution < 1.29 is 13.2 Å². The Morgan fingerprint density at radius 1 is 1.41 bits per heavy atom. The molecule has 2 N–H and O–H groups in total. The van der Waals surface area contributed by atoms with E-state index in [9.17, 15) is 8.42 Å². The predicted octanol–water partition coefficient (Wildman–Crippen LogP) is 0.330. The van der Waals surface area contributed by atoms with E-state index in [-0.39, 0.29) is 12.0 Å². The maximum atomic E-state index is 11.9. The molecule has 1 fully saturated rings. The molecule has 0 aromatic heterocycles. The fourth-order valence-electron chi connectivity index (χ4n) is 1.95. The first-order valence-corrected chi connectivity index (χ1v) is 7.62. The van der Waals surface area contributed by atoms with Crippen LogP contribution in [0.1, 0.15) is 26.7 Å². The third-order valence-corrected chi connectivity index (χ3v) is 5.18. The summed E-state index contributed by atoms with van der Waals surface area (Å²) in [6.45, 7) is 6.48. The highest BCUT2D eigenvalue weighted by molar-refractivity contribution is 7.90. The Morgan fingerprint density at radius 3 is 2.53 bits per heavy atom. The lowest BCUT2D eigenvalue weighted by atomic mass is 9.81. The summed E-state index contributed by atoms with van der Waals surface area (Å²) in [6, 6.07) is 0. The molecule has 1 heterocycles. The molecule has 0 amide bonds. The van der Waals surface area contributed by atoms with Crippen molar-refractivity contribution in [3.05, 3.63) is 0 Å². The molecule has 0 radical (unpaired) electrons. The second-order valence-electron chi connectivity index (χ2n) is 5.19. The second kappa shape index (κ2) is 6.13. The zero-order valence-corrected chi connectivity index (χ0v) is 11.8. The van der Waals surface area contributed by atoms with E-state index in [2.05, 4.69) is 17.0 Å². The molecule has 1 rings (SSSR count). The Balaban J connectivity index is 2.48. The summed E-state index contributed by atoms with van der Waals surface area (Å²) in [7, 11) is -1.74.